The number of benzene rings is 2. The SMILES string of the molecule is COc1ccccc1N(Cc1cccc2cccnc12)S(=O)(=O)c1cccs1. The van der Waals surface area contributed by atoms with Gasteiger partial charge >= 0.3 is 0 Å². The van der Waals surface area contributed by atoms with Gasteiger partial charge < -0.3 is 4.74 Å². The van der Waals surface area contributed by atoms with E-state index in [1.165, 1.54) is 22.8 Å². The number of rotatable bonds is 6. The van der Waals surface area contributed by atoms with Gasteiger partial charge in [-0.15, -0.1) is 11.3 Å². The molecule has 0 fully saturated rings. The van der Waals surface area contributed by atoms with E-state index in [4.69, 9.17) is 4.74 Å². The molecule has 0 amide bonds. The Bertz CT molecular complexity index is 1200. The lowest BCUT2D eigenvalue weighted by Crippen LogP contribution is -2.30. The summed E-state index contributed by atoms with van der Waals surface area (Å²) in [7, 11) is -2.23. The maximum atomic E-state index is 13.5. The predicted octanol–water partition coefficient (Wildman–Crippen LogP) is 4.70. The number of fused-ring (bicyclic) bond motifs is 1. The first kappa shape index (κ1) is 18.5. The summed E-state index contributed by atoms with van der Waals surface area (Å²) in [6.07, 6.45) is 1.72. The van der Waals surface area contributed by atoms with Gasteiger partial charge in [0.2, 0.25) is 0 Å². The van der Waals surface area contributed by atoms with Crippen LogP contribution >= 0.6 is 11.3 Å². The van der Waals surface area contributed by atoms with Crippen LogP contribution in [0.1, 0.15) is 5.56 Å². The van der Waals surface area contributed by atoms with Crippen molar-refractivity contribution in [3.63, 3.8) is 0 Å². The predicted molar refractivity (Wildman–Crippen MR) is 112 cm³/mol. The lowest BCUT2D eigenvalue weighted by Gasteiger charge is -2.26. The van der Waals surface area contributed by atoms with Crippen LogP contribution in [0.15, 0.2) is 82.5 Å². The Hall–Kier alpha value is -2.90. The van der Waals surface area contributed by atoms with E-state index in [1.807, 2.05) is 36.4 Å². The molecule has 4 rings (SSSR count). The van der Waals surface area contributed by atoms with Gasteiger partial charge in [0, 0.05) is 11.6 Å². The van der Waals surface area contributed by atoms with Crippen molar-refractivity contribution in [2.24, 2.45) is 0 Å². The molecule has 0 spiro atoms. The molecule has 0 atom stereocenters. The van der Waals surface area contributed by atoms with Crippen LogP contribution in [-0.4, -0.2) is 20.5 Å². The number of para-hydroxylation sites is 3. The summed E-state index contributed by atoms with van der Waals surface area (Å²) in [4.78, 5) is 4.47. The number of thiophene rings is 1. The number of ether oxygens (including phenoxy) is 1. The van der Waals surface area contributed by atoms with Crippen LogP contribution in [0.2, 0.25) is 0 Å². The van der Waals surface area contributed by atoms with Gasteiger partial charge in [-0.05, 0) is 35.2 Å². The summed E-state index contributed by atoms with van der Waals surface area (Å²) in [6.45, 7) is 0.148. The van der Waals surface area contributed by atoms with Gasteiger partial charge in [-0.1, -0.05) is 42.5 Å². The molecule has 0 aliphatic rings. The Labute approximate surface area is 167 Å². The summed E-state index contributed by atoms with van der Waals surface area (Å²) in [5, 5.41) is 2.72. The Kier molecular flexibility index (Phi) is 5.02. The minimum Gasteiger partial charge on any atom is -0.495 e. The lowest BCUT2D eigenvalue weighted by molar-refractivity contribution is 0.415. The summed E-state index contributed by atoms with van der Waals surface area (Å²) in [5.74, 6) is 0.496. The quantitative estimate of drug-likeness (QED) is 0.462. The zero-order chi connectivity index (χ0) is 19.6. The fraction of sp³-hybridized carbons (Fsp3) is 0.0952. The number of anilines is 1. The fourth-order valence-electron chi connectivity index (χ4n) is 3.10. The largest absolute Gasteiger partial charge is 0.495 e. The molecule has 0 radical (unpaired) electrons. The third kappa shape index (κ3) is 3.34. The monoisotopic (exact) mass is 410 g/mol. The molecule has 142 valence electrons. The van der Waals surface area contributed by atoms with Crippen molar-refractivity contribution >= 4 is 38.0 Å². The number of nitrogens with zero attached hydrogens (tertiary/aromatic N) is 2. The first-order chi connectivity index (χ1) is 13.6. The number of sulfonamides is 1. The van der Waals surface area contributed by atoms with Crippen molar-refractivity contribution in [1.29, 1.82) is 0 Å². The molecule has 7 heteroatoms. The summed E-state index contributed by atoms with van der Waals surface area (Å²) in [5.41, 5.74) is 2.10. The molecule has 0 unspecified atom stereocenters. The maximum absolute atomic E-state index is 13.5. The van der Waals surface area contributed by atoms with Crippen LogP contribution in [0.5, 0.6) is 5.75 Å². The van der Waals surface area contributed by atoms with Crippen LogP contribution in [-0.2, 0) is 16.6 Å². The van der Waals surface area contributed by atoms with E-state index in [2.05, 4.69) is 4.98 Å². The molecule has 0 aliphatic carbocycles. The van der Waals surface area contributed by atoms with Crippen molar-refractivity contribution in [3.8, 4) is 5.75 Å². The third-order valence-electron chi connectivity index (χ3n) is 4.42. The number of aromatic nitrogens is 1. The van der Waals surface area contributed by atoms with Crippen LogP contribution in [0, 0.1) is 0 Å². The molecule has 0 saturated carbocycles. The van der Waals surface area contributed by atoms with E-state index in [0.29, 0.717) is 11.4 Å². The fourth-order valence-corrected chi connectivity index (χ4v) is 5.66. The van der Waals surface area contributed by atoms with Gasteiger partial charge in [-0.3, -0.25) is 9.29 Å². The highest BCUT2D eigenvalue weighted by Gasteiger charge is 2.28. The molecule has 0 bridgehead atoms. The summed E-state index contributed by atoms with van der Waals surface area (Å²) < 4.78 is 34.0. The van der Waals surface area contributed by atoms with Gasteiger partial charge in [0.25, 0.3) is 10.0 Å². The second-order valence-corrected chi connectivity index (χ2v) is 9.14. The van der Waals surface area contributed by atoms with Gasteiger partial charge in [0.15, 0.2) is 0 Å². The Morgan fingerprint density at radius 2 is 1.82 bits per heavy atom. The molecule has 2 heterocycles. The highest BCUT2D eigenvalue weighted by molar-refractivity contribution is 7.94. The van der Waals surface area contributed by atoms with Gasteiger partial charge in [-0.25, -0.2) is 8.42 Å². The van der Waals surface area contributed by atoms with Crippen molar-refractivity contribution in [1.82, 2.24) is 4.98 Å². The van der Waals surface area contributed by atoms with Crippen LogP contribution in [0.3, 0.4) is 0 Å². The number of methoxy groups -OCH3 is 1. The van der Waals surface area contributed by atoms with E-state index in [1.54, 1.807) is 41.9 Å². The lowest BCUT2D eigenvalue weighted by atomic mass is 10.1. The Balaban J connectivity index is 1.88. The normalized spacial score (nSPS) is 11.5. The third-order valence-corrected chi connectivity index (χ3v) is 7.56. The van der Waals surface area contributed by atoms with Crippen LogP contribution in [0.4, 0.5) is 5.69 Å². The molecule has 28 heavy (non-hydrogen) atoms. The van der Waals surface area contributed by atoms with Crippen molar-refractivity contribution in [2.45, 2.75) is 10.8 Å². The van der Waals surface area contributed by atoms with E-state index in [9.17, 15) is 8.42 Å². The molecule has 2 aromatic heterocycles. The van der Waals surface area contributed by atoms with Crippen molar-refractivity contribution in [2.75, 3.05) is 11.4 Å². The number of hydrogen-bond acceptors (Lipinski definition) is 5. The van der Waals surface area contributed by atoms with Gasteiger partial charge in [0.05, 0.1) is 24.9 Å². The summed E-state index contributed by atoms with van der Waals surface area (Å²) >= 11 is 1.19. The average Bonchev–Trinajstić information content (AvgIpc) is 3.28. The van der Waals surface area contributed by atoms with E-state index in [0.717, 1.165) is 16.5 Å². The molecular weight excluding hydrogens is 392 g/mol. The standard InChI is InChI=1S/C21H18N2O3S2/c1-26-19-11-3-2-10-18(19)23(28(24,25)20-12-6-14-27-20)15-17-8-4-7-16-9-5-13-22-21(16)17/h2-14H,15H2,1H3. The molecule has 2 aromatic carbocycles. The second kappa shape index (κ2) is 7.61. The van der Waals surface area contributed by atoms with E-state index >= 15 is 0 Å². The highest BCUT2D eigenvalue weighted by atomic mass is 32.2. The summed E-state index contributed by atoms with van der Waals surface area (Å²) in [6, 6.07) is 20.1. The molecule has 5 nitrogen and oxygen atoms in total. The number of pyridine rings is 1. The maximum Gasteiger partial charge on any atom is 0.274 e. The molecule has 0 saturated heterocycles. The van der Waals surface area contributed by atoms with Crippen molar-refractivity contribution in [3.05, 3.63) is 83.9 Å². The smallest absolute Gasteiger partial charge is 0.274 e. The van der Waals surface area contributed by atoms with Crippen molar-refractivity contribution < 1.29 is 13.2 Å². The Morgan fingerprint density at radius 1 is 1.00 bits per heavy atom. The highest BCUT2D eigenvalue weighted by Crippen LogP contribution is 2.35. The zero-order valence-electron chi connectivity index (χ0n) is 15.1. The minimum absolute atomic E-state index is 0.148. The number of hydrogen-bond donors (Lipinski definition) is 0. The van der Waals surface area contributed by atoms with E-state index in [-0.39, 0.29) is 10.8 Å². The zero-order valence-corrected chi connectivity index (χ0v) is 16.8. The molecule has 0 N–H and O–H groups in total. The van der Waals surface area contributed by atoms with Crippen LogP contribution < -0.4 is 9.04 Å². The molecular formula is C21H18N2O3S2. The first-order valence-electron chi connectivity index (χ1n) is 8.63. The molecule has 4 aromatic rings. The topological polar surface area (TPSA) is 59.5 Å². The second-order valence-electron chi connectivity index (χ2n) is 6.11. The van der Waals surface area contributed by atoms with E-state index < -0.39 is 10.0 Å². The van der Waals surface area contributed by atoms with Gasteiger partial charge in [0.1, 0.15) is 9.96 Å². The first-order valence-corrected chi connectivity index (χ1v) is 10.9. The molecule has 0 aliphatic heterocycles. The van der Waals surface area contributed by atoms with Crippen LogP contribution in [0.25, 0.3) is 10.9 Å². The average molecular weight is 411 g/mol. The van der Waals surface area contributed by atoms with Gasteiger partial charge in [-0.2, -0.15) is 0 Å². The Morgan fingerprint density at radius 3 is 2.61 bits per heavy atom. The minimum atomic E-state index is -3.77.